The molecule has 0 aromatic heterocycles. The number of rotatable bonds is 4. The number of carbonyl (C=O) groups excluding carboxylic acids is 1. The minimum Gasteiger partial charge on any atom is -0.292 e. The van der Waals surface area contributed by atoms with Crippen molar-refractivity contribution in [1.82, 2.24) is 4.90 Å². The summed E-state index contributed by atoms with van der Waals surface area (Å²) in [6, 6.07) is 15.4. The van der Waals surface area contributed by atoms with Gasteiger partial charge in [-0.2, -0.15) is 0 Å². The van der Waals surface area contributed by atoms with Crippen molar-refractivity contribution in [3.8, 4) is 0 Å². The molecule has 3 rings (SSSR count). The van der Waals surface area contributed by atoms with Crippen LogP contribution in [0.4, 0.5) is 5.69 Å². The molecule has 0 saturated carbocycles. The van der Waals surface area contributed by atoms with Gasteiger partial charge in [-0.1, -0.05) is 42.5 Å². The highest BCUT2D eigenvalue weighted by Crippen LogP contribution is 2.43. The molecule has 2 aromatic carbocycles. The summed E-state index contributed by atoms with van der Waals surface area (Å²) in [5.74, 6) is 0.0847. The van der Waals surface area contributed by atoms with E-state index in [1.54, 1.807) is 24.3 Å². The first-order valence-electron chi connectivity index (χ1n) is 6.65. The van der Waals surface area contributed by atoms with Crippen LogP contribution in [0.2, 0.25) is 0 Å². The number of nitro benzene ring substituents is 1. The zero-order valence-electron chi connectivity index (χ0n) is 11.5. The molecular formula is C16H14N2O3. The molecule has 1 heterocycles. The molecule has 1 unspecified atom stereocenters. The van der Waals surface area contributed by atoms with Crippen molar-refractivity contribution in [2.75, 3.05) is 7.05 Å². The van der Waals surface area contributed by atoms with Crippen LogP contribution in [0.25, 0.3) is 0 Å². The number of carbonyl (C=O) groups is 1. The molecule has 1 saturated heterocycles. The average molecular weight is 282 g/mol. The van der Waals surface area contributed by atoms with Gasteiger partial charge < -0.3 is 0 Å². The van der Waals surface area contributed by atoms with E-state index in [1.807, 2.05) is 30.1 Å². The van der Waals surface area contributed by atoms with E-state index in [4.69, 9.17) is 0 Å². The number of likely N-dealkylation sites (N-methyl/N-ethyl adjacent to an activating group) is 1. The van der Waals surface area contributed by atoms with Crippen molar-refractivity contribution in [3.63, 3.8) is 0 Å². The van der Waals surface area contributed by atoms with Gasteiger partial charge in [-0.3, -0.25) is 19.8 Å². The van der Waals surface area contributed by atoms with Crippen molar-refractivity contribution in [1.29, 1.82) is 0 Å². The lowest BCUT2D eigenvalue weighted by molar-refractivity contribution is -0.384. The van der Waals surface area contributed by atoms with Crippen molar-refractivity contribution in [3.05, 3.63) is 75.8 Å². The van der Waals surface area contributed by atoms with Crippen LogP contribution in [0.3, 0.4) is 0 Å². The molecule has 0 N–H and O–H groups in total. The summed E-state index contributed by atoms with van der Waals surface area (Å²) >= 11 is 0. The highest BCUT2D eigenvalue weighted by Gasteiger charge is 2.50. The van der Waals surface area contributed by atoms with E-state index in [1.165, 1.54) is 12.1 Å². The zero-order valence-corrected chi connectivity index (χ0v) is 11.5. The topological polar surface area (TPSA) is 63.2 Å². The second-order valence-electron chi connectivity index (χ2n) is 5.13. The highest BCUT2D eigenvalue weighted by atomic mass is 16.6. The Morgan fingerprint density at radius 2 is 1.71 bits per heavy atom. The minimum atomic E-state index is -0.424. The second-order valence-corrected chi connectivity index (χ2v) is 5.13. The van der Waals surface area contributed by atoms with Crippen LogP contribution in [-0.4, -0.2) is 28.7 Å². The molecule has 5 nitrogen and oxygen atoms in total. The maximum absolute atomic E-state index is 12.4. The molecule has 21 heavy (non-hydrogen) atoms. The van der Waals surface area contributed by atoms with Crippen LogP contribution < -0.4 is 0 Å². The number of nitro groups is 1. The van der Waals surface area contributed by atoms with Crippen molar-refractivity contribution < 1.29 is 9.72 Å². The lowest BCUT2D eigenvalue weighted by Gasteiger charge is -1.99. The van der Waals surface area contributed by atoms with Gasteiger partial charge in [-0.15, -0.1) is 0 Å². The molecule has 0 spiro atoms. The van der Waals surface area contributed by atoms with E-state index < -0.39 is 4.92 Å². The average Bonchev–Trinajstić information content (AvgIpc) is 3.18. The molecule has 0 bridgehead atoms. The number of non-ortho nitro benzene ring substituents is 1. The summed E-state index contributed by atoms with van der Waals surface area (Å²) in [6.07, 6.45) is 0. The Balaban J connectivity index is 1.79. The molecule has 3 atom stereocenters. The van der Waals surface area contributed by atoms with E-state index in [0.717, 1.165) is 5.56 Å². The standard InChI is InChI=1S/C16H14N2O3/c1-17-14(11-7-9-13(10-8-11)18(20)21)15(17)16(19)12-5-3-2-4-6-12/h2-10,14-15H,1H3/t14-,15-,17?/m0/s1. The normalized spacial score (nSPS) is 23.6. The summed E-state index contributed by atoms with van der Waals surface area (Å²) < 4.78 is 0. The van der Waals surface area contributed by atoms with Crippen molar-refractivity contribution in [2.24, 2.45) is 0 Å². The molecule has 0 radical (unpaired) electrons. The largest absolute Gasteiger partial charge is 0.292 e. The monoisotopic (exact) mass is 282 g/mol. The van der Waals surface area contributed by atoms with Crippen LogP contribution in [0.5, 0.6) is 0 Å². The maximum atomic E-state index is 12.4. The van der Waals surface area contributed by atoms with Gasteiger partial charge in [0.1, 0.15) is 0 Å². The molecule has 1 aliphatic rings. The molecule has 1 aliphatic heterocycles. The SMILES string of the molecule is CN1[C@H](C(=O)c2ccccc2)[C@@H]1c1ccc([N+](=O)[O-])cc1. The molecule has 0 aliphatic carbocycles. The minimum absolute atomic E-state index is 0.00138. The molecule has 5 heteroatoms. The van der Waals surface area contributed by atoms with Gasteiger partial charge in [0.25, 0.3) is 5.69 Å². The predicted molar refractivity (Wildman–Crippen MR) is 78.2 cm³/mol. The first-order chi connectivity index (χ1) is 10.1. The Morgan fingerprint density at radius 1 is 1.10 bits per heavy atom. The fourth-order valence-corrected chi connectivity index (χ4v) is 2.65. The fourth-order valence-electron chi connectivity index (χ4n) is 2.65. The number of benzene rings is 2. The van der Waals surface area contributed by atoms with Crippen LogP contribution in [0.15, 0.2) is 54.6 Å². The van der Waals surface area contributed by atoms with Crippen LogP contribution in [0, 0.1) is 10.1 Å². The van der Waals surface area contributed by atoms with Crippen LogP contribution in [0.1, 0.15) is 22.0 Å². The predicted octanol–water partition coefficient (Wildman–Crippen LogP) is 2.83. The molecule has 1 fully saturated rings. The summed E-state index contributed by atoms with van der Waals surface area (Å²) in [6.45, 7) is 0. The van der Waals surface area contributed by atoms with Gasteiger partial charge in [-0.25, -0.2) is 0 Å². The van der Waals surface area contributed by atoms with E-state index >= 15 is 0 Å². The Kier molecular flexibility index (Phi) is 3.27. The number of hydrogen-bond donors (Lipinski definition) is 0. The lowest BCUT2D eigenvalue weighted by Crippen LogP contribution is -2.11. The van der Waals surface area contributed by atoms with Crippen molar-refractivity contribution >= 4 is 11.5 Å². The molecule has 106 valence electrons. The summed E-state index contributed by atoms with van der Waals surface area (Å²) in [5, 5.41) is 10.7. The van der Waals surface area contributed by atoms with E-state index in [-0.39, 0.29) is 23.6 Å². The third-order valence-electron chi connectivity index (χ3n) is 3.86. The number of ketones is 1. The van der Waals surface area contributed by atoms with E-state index in [2.05, 4.69) is 0 Å². The van der Waals surface area contributed by atoms with E-state index in [0.29, 0.717) is 5.56 Å². The van der Waals surface area contributed by atoms with Gasteiger partial charge in [-0.05, 0) is 12.6 Å². The number of hydrogen-bond acceptors (Lipinski definition) is 4. The van der Waals surface area contributed by atoms with Gasteiger partial charge in [0.05, 0.1) is 17.0 Å². The first kappa shape index (κ1) is 13.5. The molecule has 2 aromatic rings. The summed E-state index contributed by atoms with van der Waals surface area (Å²) in [7, 11) is 1.89. The summed E-state index contributed by atoms with van der Waals surface area (Å²) in [5.41, 5.74) is 1.68. The Morgan fingerprint density at radius 3 is 2.29 bits per heavy atom. The maximum Gasteiger partial charge on any atom is 0.269 e. The quantitative estimate of drug-likeness (QED) is 0.374. The van der Waals surface area contributed by atoms with Gasteiger partial charge >= 0.3 is 0 Å². The van der Waals surface area contributed by atoms with Crippen LogP contribution in [-0.2, 0) is 0 Å². The third-order valence-corrected chi connectivity index (χ3v) is 3.86. The third kappa shape index (κ3) is 2.43. The Bertz CT molecular complexity index is 682. The van der Waals surface area contributed by atoms with Crippen molar-refractivity contribution in [2.45, 2.75) is 12.1 Å². The molecule has 0 amide bonds. The van der Waals surface area contributed by atoms with Gasteiger partial charge in [0.15, 0.2) is 5.78 Å². The first-order valence-corrected chi connectivity index (χ1v) is 6.65. The Hall–Kier alpha value is -2.53. The van der Waals surface area contributed by atoms with E-state index in [9.17, 15) is 14.9 Å². The lowest BCUT2D eigenvalue weighted by atomic mass is 10.0. The number of nitrogens with zero attached hydrogens (tertiary/aromatic N) is 2. The smallest absolute Gasteiger partial charge is 0.269 e. The fraction of sp³-hybridized carbons (Fsp3) is 0.188. The molecular weight excluding hydrogens is 268 g/mol. The zero-order chi connectivity index (χ0) is 15.0. The number of Topliss-reactive ketones (excluding diaryl/α,β-unsaturated/α-hetero) is 1. The summed E-state index contributed by atoms with van der Waals surface area (Å²) in [4.78, 5) is 24.6. The second kappa shape index (κ2) is 5.10. The van der Waals surface area contributed by atoms with Gasteiger partial charge in [0, 0.05) is 17.7 Å². The highest BCUT2D eigenvalue weighted by molar-refractivity contribution is 6.02. The van der Waals surface area contributed by atoms with Gasteiger partial charge in [0.2, 0.25) is 0 Å². The Labute approximate surface area is 122 Å². The van der Waals surface area contributed by atoms with Crippen LogP contribution >= 0.6 is 0 Å².